The molecule has 0 aliphatic carbocycles. The van der Waals surface area contributed by atoms with Gasteiger partial charge in [0.2, 0.25) is 0 Å². The van der Waals surface area contributed by atoms with Crippen LogP contribution >= 0.6 is 15.9 Å². The molecule has 1 aromatic rings. The molecule has 1 aliphatic rings. The number of ether oxygens (including phenoxy) is 1. The van der Waals surface area contributed by atoms with Crippen LogP contribution in [-0.2, 0) is 20.3 Å². The fourth-order valence-electron chi connectivity index (χ4n) is 1.74. The van der Waals surface area contributed by atoms with Crippen LogP contribution in [0.4, 0.5) is 0 Å². The van der Waals surface area contributed by atoms with Crippen molar-refractivity contribution < 1.29 is 13.7 Å². The molecule has 1 aromatic carbocycles. The molecule has 1 saturated heterocycles. The second-order valence-electron chi connectivity index (χ2n) is 3.95. The van der Waals surface area contributed by atoms with Gasteiger partial charge in [0, 0.05) is 17.0 Å². The molecule has 5 heteroatoms. The number of halogens is 1. The summed E-state index contributed by atoms with van der Waals surface area (Å²) in [4.78, 5) is 12.5. The summed E-state index contributed by atoms with van der Waals surface area (Å²) < 4.78 is 18.0. The summed E-state index contributed by atoms with van der Waals surface area (Å²) in [5.74, 6) is 0.0504. The third-order valence-electron chi connectivity index (χ3n) is 2.74. The van der Waals surface area contributed by atoms with Crippen molar-refractivity contribution in [2.75, 3.05) is 19.0 Å². The molecule has 0 spiro atoms. The van der Waals surface area contributed by atoms with Crippen LogP contribution in [0.3, 0.4) is 0 Å². The van der Waals surface area contributed by atoms with Crippen LogP contribution in [0.25, 0.3) is 0 Å². The Bertz CT molecular complexity index is 441. The van der Waals surface area contributed by atoms with Gasteiger partial charge in [-0.1, -0.05) is 12.1 Å². The first kappa shape index (κ1) is 12.9. The summed E-state index contributed by atoms with van der Waals surface area (Å²) in [7, 11) is -1.27. The summed E-state index contributed by atoms with van der Waals surface area (Å²) in [6.07, 6.45) is 0.756. The van der Waals surface area contributed by atoms with Crippen molar-refractivity contribution in [3.8, 4) is 0 Å². The number of carbonyl (C=O) groups is 1. The van der Waals surface area contributed by atoms with Crippen molar-refractivity contribution in [2.24, 2.45) is 5.92 Å². The summed E-state index contributed by atoms with van der Waals surface area (Å²) in [5, 5.41) is 0. The van der Waals surface area contributed by atoms with Gasteiger partial charge in [-0.25, -0.2) is 0 Å². The third-order valence-corrected chi connectivity index (χ3v) is 5.09. The summed E-state index contributed by atoms with van der Waals surface area (Å²) in [6, 6.07) is 7.29. The Morgan fingerprint density at radius 2 is 2.24 bits per heavy atom. The fourth-order valence-corrected chi connectivity index (χ4v) is 3.73. The molecule has 92 valence electrons. The molecule has 17 heavy (non-hydrogen) atoms. The maximum atomic E-state index is 12.1. The van der Waals surface area contributed by atoms with E-state index in [9.17, 15) is 9.00 Å². The largest absolute Gasteiger partial charge is 0.381 e. The Morgan fingerprint density at radius 1 is 1.47 bits per heavy atom. The van der Waals surface area contributed by atoms with E-state index in [4.69, 9.17) is 4.74 Å². The lowest BCUT2D eigenvalue weighted by molar-refractivity contribution is -0.120. The van der Waals surface area contributed by atoms with Gasteiger partial charge in [0.1, 0.15) is 0 Å². The number of hydrogen-bond donors (Lipinski definition) is 0. The van der Waals surface area contributed by atoms with Gasteiger partial charge in [-0.3, -0.25) is 9.00 Å². The van der Waals surface area contributed by atoms with Crippen LogP contribution in [-0.4, -0.2) is 29.0 Å². The van der Waals surface area contributed by atoms with E-state index in [1.165, 1.54) is 0 Å². The Labute approximate surface area is 111 Å². The molecule has 0 radical (unpaired) electrons. The van der Waals surface area contributed by atoms with Gasteiger partial charge in [0.15, 0.2) is 5.78 Å². The van der Waals surface area contributed by atoms with Gasteiger partial charge >= 0.3 is 0 Å². The molecule has 1 heterocycles. The summed E-state index contributed by atoms with van der Waals surface area (Å²) >= 11 is 3.34. The van der Waals surface area contributed by atoms with Crippen molar-refractivity contribution in [3.05, 3.63) is 28.7 Å². The van der Waals surface area contributed by atoms with Crippen molar-refractivity contribution >= 4 is 32.5 Å². The number of carbonyl (C=O) groups excluding carboxylic acids is 1. The molecule has 1 aliphatic heterocycles. The molecule has 0 N–H and O–H groups in total. The third kappa shape index (κ3) is 3.24. The summed E-state index contributed by atoms with van der Waals surface area (Å²) in [6.45, 7) is 1.12. The molecule has 0 aromatic heterocycles. The lowest BCUT2D eigenvalue weighted by Crippen LogP contribution is -2.21. The smallest absolute Gasteiger partial charge is 0.151 e. The minimum Gasteiger partial charge on any atom is -0.381 e. The van der Waals surface area contributed by atoms with E-state index < -0.39 is 10.8 Å². The summed E-state index contributed by atoms with van der Waals surface area (Å²) in [5.41, 5.74) is 0. The van der Waals surface area contributed by atoms with Gasteiger partial charge in [-0.2, -0.15) is 0 Å². The van der Waals surface area contributed by atoms with E-state index in [0.717, 1.165) is 10.9 Å². The Kier molecular flexibility index (Phi) is 4.48. The molecule has 0 saturated carbocycles. The number of rotatable bonds is 4. The SMILES string of the molecule is O=C(CS(=O)c1ccccc1Br)C1CCOC1. The predicted molar refractivity (Wildman–Crippen MR) is 69.4 cm³/mol. The van der Waals surface area contributed by atoms with Gasteiger partial charge in [-0.05, 0) is 34.5 Å². The van der Waals surface area contributed by atoms with Crippen molar-refractivity contribution in [2.45, 2.75) is 11.3 Å². The van der Waals surface area contributed by atoms with E-state index >= 15 is 0 Å². The number of Topliss-reactive ketones (excluding diaryl/α,β-unsaturated/α-hetero) is 1. The van der Waals surface area contributed by atoms with Gasteiger partial charge in [0.25, 0.3) is 0 Å². The first-order valence-electron chi connectivity index (χ1n) is 5.42. The highest BCUT2D eigenvalue weighted by molar-refractivity contribution is 9.10. The van der Waals surface area contributed by atoms with Gasteiger partial charge < -0.3 is 4.74 Å². The molecule has 2 rings (SSSR count). The zero-order chi connectivity index (χ0) is 12.3. The topological polar surface area (TPSA) is 43.4 Å². The Morgan fingerprint density at radius 3 is 2.88 bits per heavy atom. The molecule has 3 nitrogen and oxygen atoms in total. The fraction of sp³-hybridized carbons (Fsp3) is 0.417. The molecule has 1 fully saturated rings. The van der Waals surface area contributed by atoms with Crippen molar-refractivity contribution in [1.29, 1.82) is 0 Å². The van der Waals surface area contributed by atoms with Gasteiger partial charge in [0.05, 0.1) is 28.1 Å². The van der Waals surface area contributed by atoms with Crippen molar-refractivity contribution in [3.63, 3.8) is 0 Å². The second kappa shape index (κ2) is 5.89. The maximum absolute atomic E-state index is 12.1. The molecular weight excluding hydrogens is 304 g/mol. The van der Waals surface area contributed by atoms with E-state index in [0.29, 0.717) is 18.1 Å². The van der Waals surface area contributed by atoms with E-state index in [1.54, 1.807) is 6.07 Å². The van der Waals surface area contributed by atoms with Crippen LogP contribution in [0, 0.1) is 5.92 Å². The molecule has 2 atom stereocenters. The van der Waals surface area contributed by atoms with Crippen LogP contribution in [0.2, 0.25) is 0 Å². The molecule has 0 bridgehead atoms. The maximum Gasteiger partial charge on any atom is 0.151 e. The lowest BCUT2D eigenvalue weighted by Gasteiger charge is -2.07. The lowest BCUT2D eigenvalue weighted by atomic mass is 10.1. The highest BCUT2D eigenvalue weighted by atomic mass is 79.9. The van der Waals surface area contributed by atoms with E-state index in [2.05, 4.69) is 15.9 Å². The standard InChI is InChI=1S/C12H13BrO3S/c13-10-3-1-2-4-12(10)17(15)8-11(14)9-5-6-16-7-9/h1-4,9H,5-8H2. The van der Waals surface area contributed by atoms with E-state index in [-0.39, 0.29) is 17.5 Å². The Balaban J connectivity index is 2.02. The van der Waals surface area contributed by atoms with Crippen LogP contribution in [0.15, 0.2) is 33.6 Å². The number of hydrogen-bond acceptors (Lipinski definition) is 3. The Hall–Kier alpha value is -0.520. The zero-order valence-electron chi connectivity index (χ0n) is 9.23. The average Bonchev–Trinajstić information content (AvgIpc) is 2.82. The van der Waals surface area contributed by atoms with Gasteiger partial charge in [-0.15, -0.1) is 0 Å². The minimum atomic E-state index is -1.27. The van der Waals surface area contributed by atoms with Crippen LogP contribution in [0.5, 0.6) is 0 Å². The highest BCUT2D eigenvalue weighted by Crippen LogP contribution is 2.21. The predicted octanol–water partition coefficient (Wildman–Crippen LogP) is 2.16. The second-order valence-corrected chi connectivity index (χ2v) is 6.22. The minimum absolute atomic E-state index is 0.0385. The number of benzene rings is 1. The van der Waals surface area contributed by atoms with Crippen molar-refractivity contribution in [1.82, 2.24) is 0 Å². The highest BCUT2D eigenvalue weighted by Gasteiger charge is 2.25. The van der Waals surface area contributed by atoms with Crippen LogP contribution in [0.1, 0.15) is 6.42 Å². The zero-order valence-corrected chi connectivity index (χ0v) is 11.6. The molecule has 0 amide bonds. The molecule has 2 unspecified atom stereocenters. The average molecular weight is 317 g/mol. The normalized spacial score (nSPS) is 21.4. The first-order valence-corrected chi connectivity index (χ1v) is 7.53. The number of ketones is 1. The molecular formula is C12H13BrO3S. The van der Waals surface area contributed by atoms with E-state index in [1.807, 2.05) is 18.2 Å². The quantitative estimate of drug-likeness (QED) is 0.855. The monoisotopic (exact) mass is 316 g/mol. The van der Waals surface area contributed by atoms with Crippen LogP contribution < -0.4 is 0 Å². The first-order chi connectivity index (χ1) is 8.18.